The number of hydrogen-bond donors (Lipinski definition) is 2. The highest BCUT2D eigenvalue weighted by molar-refractivity contribution is 9.10. The normalized spacial score (nSPS) is 9.86. The van der Waals surface area contributed by atoms with Crippen molar-refractivity contribution in [3.63, 3.8) is 0 Å². The Hall–Kier alpha value is -1.14. The van der Waals surface area contributed by atoms with E-state index in [0.29, 0.717) is 5.69 Å². The first kappa shape index (κ1) is 10.9. The molecule has 76 valence electrons. The maximum absolute atomic E-state index is 11.1. The van der Waals surface area contributed by atoms with Gasteiger partial charge >= 0.3 is 0 Å². The Morgan fingerprint density at radius 1 is 1.79 bits per heavy atom. The van der Waals surface area contributed by atoms with Crippen LogP contribution in [0.15, 0.2) is 16.7 Å². The van der Waals surface area contributed by atoms with Crippen molar-refractivity contribution in [1.29, 1.82) is 0 Å². The fourth-order valence-electron chi connectivity index (χ4n) is 0.867. The predicted octanol–water partition coefficient (Wildman–Crippen LogP) is 1.01. The van der Waals surface area contributed by atoms with Crippen LogP contribution in [-0.4, -0.2) is 24.6 Å². The molecule has 1 aromatic heterocycles. The van der Waals surface area contributed by atoms with Gasteiger partial charge in [0.15, 0.2) is 0 Å². The second-order valence-corrected chi connectivity index (χ2v) is 3.48. The first-order chi connectivity index (χ1) is 6.63. The molecule has 0 aliphatic rings. The molecule has 6 heteroatoms. The number of halogens is 1. The number of rotatable bonds is 3. The number of nitrogens with zero attached hydrogens (tertiary/aromatic N) is 1. The summed E-state index contributed by atoms with van der Waals surface area (Å²) in [6.45, 7) is -0.00798. The minimum Gasteiger partial charge on any atom is -0.382 e. The van der Waals surface area contributed by atoms with Gasteiger partial charge in [0.1, 0.15) is 12.4 Å². The van der Waals surface area contributed by atoms with Crippen LogP contribution >= 0.6 is 15.9 Å². The highest BCUT2D eigenvalue weighted by atomic mass is 79.9. The van der Waals surface area contributed by atoms with Gasteiger partial charge in [-0.1, -0.05) is 0 Å². The van der Waals surface area contributed by atoms with E-state index in [2.05, 4.69) is 31.0 Å². The minimum absolute atomic E-state index is 0.00798. The zero-order valence-electron chi connectivity index (χ0n) is 7.58. The zero-order chi connectivity index (χ0) is 10.6. The summed E-state index contributed by atoms with van der Waals surface area (Å²) in [5, 5.41) is 2.57. The van der Waals surface area contributed by atoms with E-state index in [4.69, 9.17) is 5.73 Å². The lowest BCUT2D eigenvalue weighted by Gasteiger charge is -2.06. The van der Waals surface area contributed by atoms with Gasteiger partial charge in [-0.25, -0.2) is 4.98 Å². The van der Waals surface area contributed by atoms with Crippen LogP contribution in [0.5, 0.6) is 0 Å². The molecular formula is C8H10BrN3O2. The van der Waals surface area contributed by atoms with Crippen molar-refractivity contribution >= 4 is 33.3 Å². The Morgan fingerprint density at radius 2 is 2.50 bits per heavy atom. The highest BCUT2D eigenvalue weighted by Gasteiger charge is 2.05. The summed E-state index contributed by atoms with van der Waals surface area (Å²) in [5.41, 5.74) is 6.02. The van der Waals surface area contributed by atoms with Crippen molar-refractivity contribution < 1.29 is 9.53 Å². The summed E-state index contributed by atoms with van der Waals surface area (Å²) in [6.07, 6.45) is 1.56. The molecule has 0 spiro atoms. The number of nitrogens with one attached hydrogen (secondary N) is 1. The van der Waals surface area contributed by atoms with Crippen LogP contribution in [0.25, 0.3) is 0 Å². The quantitative estimate of drug-likeness (QED) is 0.850. The van der Waals surface area contributed by atoms with Crippen LogP contribution in [-0.2, 0) is 9.53 Å². The molecule has 0 bridgehead atoms. The lowest BCUT2D eigenvalue weighted by Crippen LogP contribution is -2.18. The van der Waals surface area contributed by atoms with Gasteiger partial charge in [-0.3, -0.25) is 4.79 Å². The number of hydrogen-bond acceptors (Lipinski definition) is 4. The number of nitrogens with two attached hydrogens (primary N) is 1. The lowest BCUT2D eigenvalue weighted by atomic mass is 10.4. The summed E-state index contributed by atoms with van der Waals surface area (Å²) in [5.74, 6) is 0.0109. The second kappa shape index (κ2) is 4.92. The van der Waals surface area contributed by atoms with Crippen molar-refractivity contribution in [3.05, 3.63) is 16.7 Å². The maximum atomic E-state index is 11.1. The number of ether oxygens (including phenoxy) is 1. The smallest absolute Gasteiger partial charge is 0.250 e. The molecule has 0 atom stereocenters. The van der Waals surface area contributed by atoms with Crippen molar-refractivity contribution in [2.75, 3.05) is 24.8 Å². The van der Waals surface area contributed by atoms with Gasteiger partial charge in [-0.05, 0) is 22.0 Å². The van der Waals surface area contributed by atoms with Gasteiger partial charge < -0.3 is 15.8 Å². The standard InChI is InChI=1S/C8H10BrN3O2/c1-14-4-7(13)12-6-2-5(9)3-11-8(6)10/h2-3H,4H2,1H3,(H2,10,11)(H,12,13). The Kier molecular flexibility index (Phi) is 3.84. The first-order valence-electron chi connectivity index (χ1n) is 3.83. The number of carbonyl (C=O) groups is 1. The number of nitrogen functional groups attached to an aromatic ring is 1. The minimum atomic E-state index is -0.265. The van der Waals surface area contributed by atoms with Gasteiger partial charge in [0.05, 0.1) is 5.69 Å². The number of methoxy groups -OCH3 is 1. The summed E-state index contributed by atoms with van der Waals surface area (Å²) in [7, 11) is 1.45. The molecule has 14 heavy (non-hydrogen) atoms. The second-order valence-electron chi connectivity index (χ2n) is 2.57. The molecule has 1 aromatic rings. The zero-order valence-corrected chi connectivity index (χ0v) is 9.17. The molecule has 3 N–H and O–H groups in total. The fourth-order valence-corrected chi connectivity index (χ4v) is 1.20. The van der Waals surface area contributed by atoms with Gasteiger partial charge in [-0.2, -0.15) is 0 Å². The molecule has 0 aliphatic heterocycles. The topological polar surface area (TPSA) is 77.2 Å². The molecule has 1 amide bonds. The van der Waals surface area contributed by atoms with Crippen LogP contribution in [0.2, 0.25) is 0 Å². The number of anilines is 2. The SMILES string of the molecule is COCC(=O)Nc1cc(Br)cnc1N. The molecule has 1 heterocycles. The summed E-state index contributed by atoms with van der Waals surface area (Å²) < 4.78 is 5.41. The third kappa shape index (κ3) is 2.97. The largest absolute Gasteiger partial charge is 0.382 e. The number of pyridine rings is 1. The fraction of sp³-hybridized carbons (Fsp3) is 0.250. The van der Waals surface area contributed by atoms with E-state index < -0.39 is 0 Å². The Morgan fingerprint density at radius 3 is 3.14 bits per heavy atom. The van der Waals surface area contributed by atoms with E-state index in [-0.39, 0.29) is 18.3 Å². The molecule has 0 fully saturated rings. The van der Waals surface area contributed by atoms with E-state index in [1.807, 2.05) is 0 Å². The van der Waals surface area contributed by atoms with E-state index >= 15 is 0 Å². The van der Waals surface area contributed by atoms with Crippen LogP contribution in [0, 0.1) is 0 Å². The number of aromatic nitrogens is 1. The van der Waals surface area contributed by atoms with Crippen molar-refractivity contribution in [2.24, 2.45) is 0 Å². The summed E-state index contributed by atoms with van der Waals surface area (Å²) in [6, 6.07) is 1.68. The third-order valence-corrected chi connectivity index (χ3v) is 1.87. The lowest BCUT2D eigenvalue weighted by molar-refractivity contribution is -0.119. The van der Waals surface area contributed by atoms with Gasteiger partial charge in [-0.15, -0.1) is 0 Å². The van der Waals surface area contributed by atoms with Gasteiger partial charge in [0.25, 0.3) is 0 Å². The van der Waals surface area contributed by atoms with Crippen molar-refractivity contribution in [3.8, 4) is 0 Å². The van der Waals surface area contributed by atoms with E-state index in [1.165, 1.54) is 7.11 Å². The number of carbonyl (C=O) groups excluding carboxylic acids is 1. The van der Waals surface area contributed by atoms with Gasteiger partial charge in [0, 0.05) is 17.8 Å². The molecular weight excluding hydrogens is 250 g/mol. The van der Waals surface area contributed by atoms with E-state index in [1.54, 1.807) is 12.3 Å². The molecule has 5 nitrogen and oxygen atoms in total. The van der Waals surface area contributed by atoms with Crippen LogP contribution in [0.4, 0.5) is 11.5 Å². The average molecular weight is 260 g/mol. The Labute approximate surface area is 89.8 Å². The average Bonchev–Trinajstić information content (AvgIpc) is 2.12. The van der Waals surface area contributed by atoms with Crippen LogP contribution in [0.1, 0.15) is 0 Å². The molecule has 0 unspecified atom stereocenters. The first-order valence-corrected chi connectivity index (χ1v) is 4.62. The molecule has 0 radical (unpaired) electrons. The summed E-state index contributed by atoms with van der Waals surface area (Å²) >= 11 is 3.22. The predicted molar refractivity (Wildman–Crippen MR) is 56.9 cm³/mol. The molecule has 0 saturated heterocycles. The highest BCUT2D eigenvalue weighted by Crippen LogP contribution is 2.20. The Bertz CT molecular complexity index is 343. The third-order valence-electron chi connectivity index (χ3n) is 1.43. The molecule has 0 aliphatic carbocycles. The number of amides is 1. The van der Waals surface area contributed by atoms with Gasteiger partial charge in [0.2, 0.25) is 5.91 Å². The van der Waals surface area contributed by atoms with Crippen molar-refractivity contribution in [2.45, 2.75) is 0 Å². The summed E-state index contributed by atoms with van der Waals surface area (Å²) in [4.78, 5) is 15.0. The van der Waals surface area contributed by atoms with E-state index in [0.717, 1.165) is 4.47 Å². The molecule has 0 aromatic carbocycles. The Balaban J connectivity index is 2.75. The van der Waals surface area contributed by atoms with E-state index in [9.17, 15) is 4.79 Å². The van der Waals surface area contributed by atoms with Crippen LogP contribution in [0.3, 0.4) is 0 Å². The molecule has 0 saturated carbocycles. The van der Waals surface area contributed by atoms with Crippen LogP contribution < -0.4 is 11.1 Å². The monoisotopic (exact) mass is 259 g/mol. The molecule has 1 rings (SSSR count). The van der Waals surface area contributed by atoms with Crippen molar-refractivity contribution in [1.82, 2.24) is 4.98 Å². The maximum Gasteiger partial charge on any atom is 0.250 e.